The minimum Gasteiger partial charge on any atom is -0.475 e. The van der Waals surface area contributed by atoms with E-state index in [0.717, 1.165) is 5.56 Å². The lowest BCUT2D eigenvalue weighted by molar-refractivity contribution is -0.384. The SMILES string of the molecule is O=C(Cc1ccc([N+](=O)[O-])cc1)NCCOc1ccc2nnc(-c3ccccc3)n2n1. The van der Waals surface area contributed by atoms with Crippen LogP contribution in [0.3, 0.4) is 0 Å². The second kappa shape index (κ2) is 8.99. The molecule has 0 saturated heterocycles. The van der Waals surface area contributed by atoms with Crippen molar-refractivity contribution in [1.82, 2.24) is 25.1 Å². The number of amides is 1. The van der Waals surface area contributed by atoms with Crippen LogP contribution in [0.15, 0.2) is 66.7 Å². The molecule has 4 aromatic rings. The minimum atomic E-state index is -0.477. The van der Waals surface area contributed by atoms with Crippen molar-refractivity contribution < 1.29 is 14.5 Å². The molecule has 10 heteroatoms. The monoisotopic (exact) mass is 418 g/mol. The molecule has 0 fully saturated rings. The number of hydrogen-bond donors (Lipinski definition) is 1. The molecular weight excluding hydrogens is 400 g/mol. The van der Waals surface area contributed by atoms with Crippen molar-refractivity contribution in [2.75, 3.05) is 13.2 Å². The topological polar surface area (TPSA) is 125 Å². The first-order valence-electron chi connectivity index (χ1n) is 9.51. The van der Waals surface area contributed by atoms with E-state index in [2.05, 4.69) is 20.6 Å². The molecule has 2 heterocycles. The van der Waals surface area contributed by atoms with Crippen LogP contribution in [0.2, 0.25) is 0 Å². The Labute approximate surface area is 176 Å². The number of fused-ring (bicyclic) bond motifs is 1. The van der Waals surface area contributed by atoms with Gasteiger partial charge >= 0.3 is 0 Å². The summed E-state index contributed by atoms with van der Waals surface area (Å²) in [6.45, 7) is 0.520. The first kappa shape index (κ1) is 20.0. The zero-order valence-electron chi connectivity index (χ0n) is 16.3. The predicted molar refractivity (Wildman–Crippen MR) is 112 cm³/mol. The van der Waals surface area contributed by atoms with Gasteiger partial charge in [0, 0.05) is 23.8 Å². The Kier molecular flexibility index (Phi) is 5.79. The highest BCUT2D eigenvalue weighted by atomic mass is 16.6. The van der Waals surface area contributed by atoms with Crippen molar-refractivity contribution in [3.8, 4) is 17.3 Å². The molecule has 0 aliphatic heterocycles. The summed E-state index contributed by atoms with van der Waals surface area (Å²) in [4.78, 5) is 22.2. The fourth-order valence-corrected chi connectivity index (χ4v) is 2.95. The fourth-order valence-electron chi connectivity index (χ4n) is 2.95. The van der Waals surface area contributed by atoms with Gasteiger partial charge in [0.2, 0.25) is 11.8 Å². The minimum absolute atomic E-state index is 0.00876. The van der Waals surface area contributed by atoms with Gasteiger partial charge in [0.15, 0.2) is 11.5 Å². The second-order valence-corrected chi connectivity index (χ2v) is 6.63. The number of aromatic nitrogens is 4. The molecule has 4 rings (SSSR count). The van der Waals surface area contributed by atoms with Gasteiger partial charge in [0.05, 0.1) is 17.9 Å². The number of carbonyl (C=O) groups excluding carboxylic acids is 1. The quantitative estimate of drug-likeness (QED) is 0.265. The van der Waals surface area contributed by atoms with Gasteiger partial charge in [0.25, 0.3) is 5.69 Å². The predicted octanol–water partition coefficient (Wildman–Crippen LogP) is 2.44. The van der Waals surface area contributed by atoms with Gasteiger partial charge in [-0.1, -0.05) is 42.5 Å². The Balaban J connectivity index is 1.30. The van der Waals surface area contributed by atoms with Gasteiger partial charge in [-0.25, -0.2) is 0 Å². The standard InChI is InChI=1S/C21H18N6O4/c28-19(14-15-6-8-17(9-7-15)27(29)30)22-12-13-31-20-11-10-18-23-24-21(26(18)25-20)16-4-2-1-3-5-16/h1-11H,12-14H2,(H,22,28). The highest BCUT2D eigenvalue weighted by Crippen LogP contribution is 2.18. The van der Waals surface area contributed by atoms with E-state index in [4.69, 9.17) is 4.74 Å². The molecular formula is C21H18N6O4. The maximum Gasteiger partial charge on any atom is 0.269 e. The third kappa shape index (κ3) is 4.81. The summed E-state index contributed by atoms with van der Waals surface area (Å²) in [5.41, 5.74) is 2.17. The maximum absolute atomic E-state index is 12.0. The summed E-state index contributed by atoms with van der Waals surface area (Å²) in [5.74, 6) is 0.789. The normalized spacial score (nSPS) is 10.7. The number of nitro benzene ring substituents is 1. The maximum atomic E-state index is 12.0. The number of non-ortho nitro benzene ring substituents is 1. The molecule has 156 valence electrons. The van der Waals surface area contributed by atoms with Crippen LogP contribution in [-0.4, -0.2) is 43.8 Å². The number of nitrogens with one attached hydrogen (secondary N) is 1. The molecule has 0 unspecified atom stereocenters. The Morgan fingerprint density at radius 1 is 1.03 bits per heavy atom. The Hall–Kier alpha value is -4.34. The number of carbonyl (C=O) groups is 1. The first-order valence-corrected chi connectivity index (χ1v) is 9.51. The molecule has 0 spiro atoms. The molecule has 10 nitrogen and oxygen atoms in total. The first-order chi connectivity index (χ1) is 15.1. The van der Waals surface area contributed by atoms with Gasteiger partial charge in [-0.15, -0.1) is 15.3 Å². The number of rotatable bonds is 8. The van der Waals surface area contributed by atoms with Gasteiger partial charge < -0.3 is 10.1 Å². The van der Waals surface area contributed by atoms with Crippen molar-refractivity contribution >= 4 is 17.2 Å². The van der Waals surface area contributed by atoms with Crippen LogP contribution in [0.1, 0.15) is 5.56 Å². The van der Waals surface area contributed by atoms with E-state index in [1.165, 1.54) is 12.1 Å². The average Bonchev–Trinajstić information content (AvgIpc) is 3.21. The number of hydrogen-bond acceptors (Lipinski definition) is 7. The number of ether oxygens (including phenoxy) is 1. The van der Waals surface area contributed by atoms with Gasteiger partial charge in [-0.2, -0.15) is 4.52 Å². The van der Waals surface area contributed by atoms with E-state index in [9.17, 15) is 14.9 Å². The largest absolute Gasteiger partial charge is 0.475 e. The van der Waals surface area contributed by atoms with Crippen molar-refractivity contribution in [2.45, 2.75) is 6.42 Å². The Morgan fingerprint density at radius 2 is 1.81 bits per heavy atom. The molecule has 0 aliphatic rings. The van der Waals surface area contributed by atoms with Crippen molar-refractivity contribution in [3.05, 3.63) is 82.4 Å². The lowest BCUT2D eigenvalue weighted by atomic mass is 10.1. The molecule has 0 bridgehead atoms. The fraction of sp³-hybridized carbons (Fsp3) is 0.143. The van der Waals surface area contributed by atoms with E-state index < -0.39 is 4.92 Å². The molecule has 0 atom stereocenters. The molecule has 0 saturated carbocycles. The zero-order chi connectivity index (χ0) is 21.6. The van der Waals surface area contributed by atoms with E-state index in [1.54, 1.807) is 28.8 Å². The lowest BCUT2D eigenvalue weighted by Crippen LogP contribution is -2.29. The summed E-state index contributed by atoms with van der Waals surface area (Å²) in [6.07, 6.45) is 0.128. The van der Waals surface area contributed by atoms with Crippen LogP contribution < -0.4 is 10.1 Å². The molecule has 0 radical (unpaired) electrons. The van der Waals surface area contributed by atoms with Crippen molar-refractivity contribution in [2.24, 2.45) is 0 Å². The molecule has 2 aromatic carbocycles. The average molecular weight is 418 g/mol. The van der Waals surface area contributed by atoms with Crippen molar-refractivity contribution in [1.29, 1.82) is 0 Å². The van der Waals surface area contributed by atoms with Gasteiger partial charge in [0.1, 0.15) is 6.61 Å². The van der Waals surface area contributed by atoms with Crippen LogP contribution in [0.5, 0.6) is 5.88 Å². The summed E-state index contributed by atoms with van der Waals surface area (Å²) >= 11 is 0. The summed E-state index contributed by atoms with van der Waals surface area (Å²) in [6, 6.07) is 18.9. The van der Waals surface area contributed by atoms with Crippen LogP contribution in [-0.2, 0) is 11.2 Å². The number of nitro groups is 1. The molecule has 1 N–H and O–H groups in total. The van der Waals surface area contributed by atoms with E-state index in [1.807, 2.05) is 30.3 Å². The Morgan fingerprint density at radius 3 is 2.55 bits per heavy atom. The van der Waals surface area contributed by atoms with Crippen LogP contribution >= 0.6 is 0 Å². The number of nitrogens with zero attached hydrogens (tertiary/aromatic N) is 5. The summed E-state index contributed by atoms with van der Waals surface area (Å²) < 4.78 is 7.25. The smallest absolute Gasteiger partial charge is 0.269 e. The van der Waals surface area contributed by atoms with Crippen LogP contribution in [0, 0.1) is 10.1 Å². The molecule has 2 aromatic heterocycles. The van der Waals surface area contributed by atoms with Crippen molar-refractivity contribution in [3.63, 3.8) is 0 Å². The zero-order valence-corrected chi connectivity index (χ0v) is 16.3. The molecule has 0 aliphatic carbocycles. The van der Waals surface area contributed by atoms with Gasteiger partial charge in [-0.3, -0.25) is 14.9 Å². The van der Waals surface area contributed by atoms with Crippen LogP contribution in [0.25, 0.3) is 17.0 Å². The molecule has 31 heavy (non-hydrogen) atoms. The van der Waals surface area contributed by atoms with E-state index >= 15 is 0 Å². The van der Waals surface area contributed by atoms with E-state index in [-0.39, 0.29) is 24.6 Å². The summed E-state index contributed by atoms with van der Waals surface area (Å²) in [7, 11) is 0. The molecule has 1 amide bonds. The summed E-state index contributed by atoms with van der Waals surface area (Å²) in [5, 5.41) is 26.1. The number of benzene rings is 2. The second-order valence-electron chi connectivity index (χ2n) is 6.63. The van der Waals surface area contributed by atoms with Crippen LogP contribution in [0.4, 0.5) is 5.69 Å². The third-order valence-corrected chi connectivity index (χ3v) is 4.46. The Bertz CT molecular complexity index is 1210. The third-order valence-electron chi connectivity index (χ3n) is 4.46. The lowest BCUT2D eigenvalue weighted by Gasteiger charge is -2.08. The van der Waals surface area contributed by atoms with Gasteiger partial charge in [-0.05, 0) is 11.6 Å². The highest BCUT2D eigenvalue weighted by molar-refractivity contribution is 5.78. The highest BCUT2D eigenvalue weighted by Gasteiger charge is 2.10. The van der Waals surface area contributed by atoms with E-state index in [0.29, 0.717) is 29.5 Å².